The first-order valence-electron chi connectivity index (χ1n) is 8.21. The van der Waals surface area contributed by atoms with Crippen LogP contribution in [0, 0.1) is 12.8 Å². The number of rotatable bonds is 7. The molecule has 0 aliphatic heterocycles. The first kappa shape index (κ1) is 17.5. The molecule has 0 radical (unpaired) electrons. The maximum absolute atomic E-state index is 12.4. The van der Waals surface area contributed by atoms with Crippen LogP contribution in [0.25, 0.3) is 0 Å². The topological polar surface area (TPSA) is 78.4 Å². The van der Waals surface area contributed by atoms with Crippen molar-refractivity contribution < 1.29 is 14.7 Å². The summed E-state index contributed by atoms with van der Waals surface area (Å²) in [6, 6.07) is 7.06. The molecule has 1 aliphatic carbocycles. The Balaban J connectivity index is 1.91. The van der Waals surface area contributed by atoms with E-state index in [2.05, 4.69) is 10.6 Å². The number of benzene rings is 1. The number of carbonyl (C=O) groups excluding carboxylic acids is 2. The second-order valence-corrected chi connectivity index (χ2v) is 6.54. The smallest absolute Gasteiger partial charge is 0.245 e. The Morgan fingerprint density at radius 2 is 1.87 bits per heavy atom. The molecule has 2 rings (SSSR count). The minimum Gasteiger partial charge on any atom is -0.391 e. The number of hydrogen-bond acceptors (Lipinski definition) is 3. The number of aliphatic hydroxyl groups excluding tert-OH is 1. The first-order chi connectivity index (χ1) is 10.9. The van der Waals surface area contributed by atoms with Crippen molar-refractivity contribution in [1.29, 1.82) is 0 Å². The summed E-state index contributed by atoms with van der Waals surface area (Å²) >= 11 is 0. The van der Waals surface area contributed by atoms with Gasteiger partial charge in [0.2, 0.25) is 11.8 Å². The summed E-state index contributed by atoms with van der Waals surface area (Å²) in [5.74, 6) is -0.471. The fraction of sp³-hybridized carbons (Fsp3) is 0.556. The van der Waals surface area contributed by atoms with Crippen LogP contribution in [-0.4, -0.2) is 35.1 Å². The Bertz CT molecular complexity index is 567. The van der Waals surface area contributed by atoms with E-state index in [4.69, 9.17) is 0 Å². The third kappa shape index (κ3) is 5.06. The number of amides is 2. The quantitative estimate of drug-likeness (QED) is 0.709. The van der Waals surface area contributed by atoms with Crippen molar-refractivity contribution in [1.82, 2.24) is 10.6 Å². The van der Waals surface area contributed by atoms with Gasteiger partial charge in [-0.15, -0.1) is 0 Å². The Hall–Kier alpha value is -1.88. The van der Waals surface area contributed by atoms with Crippen LogP contribution in [0.4, 0.5) is 0 Å². The summed E-state index contributed by atoms with van der Waals surface area (Å²) in [5.41, 5.74) is 2.36. The lowest BCUT2D eigenvalue weighted by molar-refractivity contribution is -0.132. The summed E-state index contributed by atoms with van der Waals surface area (Å²) in [6.07, 6.45) is 1.51. The molecule has 1 aromatic carbocycles. The van der Waals surface area contributed by atoms with E-state index in [-0.39, 0.29) is 23.8 Å². The van der Waals surface area contributed by atoms with Gasteiger partial charge in [-0.3, -0.25) is 9.59 Å². The van der Waals surface area contributed by atoms with Crippen molar-refractivity contribution >= 4 is 11.8 Å². The Labute approximate surface area is 137 Å². The molecule has 1 aliphatic rings. The standard InChI is InChI=1S/C18H26N2O3/c1-11-6-4-5-7-15(11)10-12(2)19-18(23)16(13(3)21)20-17(22)14-8-9-14/h4-7,12-14,16,21H,8-10H2,1-3H3,(H,19,23)(H,20,22). The average Bonchev–Trinajstić information content (AvgIpc) is 3.31. The Kier molecular flexibility index (Phi) is 5.77. The Morgan fingerprint density at radius 1 is 1.22 bits per heavy atom. The van der Waals surface area contributed by atoms with Crippen molar-refractivity contribution in [3.05, 3.63) is 35.4 Å². The van der Waals surface area contributed by atoms with Gasteiger partial charge in [-0.05, 0) is 51.2 Å². The van der Waals surface area contributed by atoms with Gasteiger partial charge in [0.05, 0.1) is 6.10 Å². The van der Waals surface area contributed by atoms with Crippen molar-refractivity contribution in [3.8, 4) is 0 Å². The summed E-state index contributed by atoms with van der Waals surface area (Å²) in [7, 11) is 0. The van der Waals surface area contributed by atoms with Crippen LogP contribution in [0.1, 0.15) is 37.8 Å². The second kappa shape index (κ2) is 7.59. The highest BCUT2D eigenvalue weighted by Crippen LogP contribution is 2.29. The summed E-state index contributed by atoms with van der Waals surface area (Å²) < 4.78 is 0. The lowest BCUT2D eigenvalue weighted by Gasteiger charge is -2.23. The number of nitrogens with one attached hydrogen (secondary N) is 2. The van der Waals surface area contributed by atoms with Crippen LogP contribution in [0.3, 0.4) is 0 Å². The first-order valence-corrected chi connectivity index (χ1v) is 8.21. The van der Waals surface area contributed by atoms with Gasteiger partial charge in [0.15, 0.2) is 0 Å². The van der Waals surface area contributed by atoms with Crippen molar-refractivity contribution in [3.63, 3.8) is 0 Å². The van der Waals surface area contributed by atoms with Gasteiger partial charge in [-0.2, -0.15) is 0 Å². The molecular formula is C18H26N2O3. The van der Waals surface area contributed by atoms with Crippen LogP contribution in [0.15, 0.2) is 24.3 Å². The SMILES string of the molecule is Cc1ccccc1CC(C)NC(=O)C(NC(=O)C1CC1)C(C)O. The van der Waals surface area contributed by atoms with E-state index >= 15 is 0 Å². The number of aliphatic hydroxyl groups is 1. The number of carbonyl (C=O) groups is 2. The van der Waals surface area contributed by atoms with Crippen LogP contribution in [0.2, 0.25) is 0 Å². The van der Waals surface area contributed by atoms with E-state index in [1.165, 1.54) is 18.1 Å². The summed E-state index contributed by atoms with van der Waals surface area (Å²) in [5, 5.41) is 15.4. The predicted molar refractivity (Wildman–Crippen MR) is 88.8 cm³/mol. The third-order valence-electron chi connectivity index (χ3n) is 4.19. The molecule has 126 valence electrons. The van der Waals surface area contributed by atoms with Gasteiger partial charge in [0.1, 0.15) is 6.04 Å². The fourth-order valence-corrected chi connectivity index (χ4v) is 2.57. The van der Waals surface area contributed by atoms with E-state index in [1.807, 2.05) is 38.1 Å². The van der Waals surface area contributed by atoms with E-state index in [0.717, 1.165) is 12.8 Å². The van der Waals surface area contributed by atoms with Gasteiger partial charge in [0, 0.05) is 12.0 Å². The molecule has 1 aromatic rings. The molecule has 23 heavy (non-hydrogen) atoms. The molecule has 0 aromatic heterocycles. The molecule has 5 nitrogen and oxygen atoms in total. The molecule has 3 N–H and O–H groups in total. The maximum atomic E-state index is 12.4. The highest BCUT2D eigenvalue weighted by molar-refractivity contribution is 5.89. The molecule has 3 unspecified atom stereocenters. The molecular weight excluding hydrogens is 292 g/mol. The zero-order valence-electron chi connectivity index (χ0n) is 14.0. The van der Waals surface area contributed by atoms with Crippen LogP contribution in [-0.2, 0) is 16.0 Å². The average molecular weight is 318 g/mol. The molecule has 0 spiro atoms. The molecule has 3 atom stereocenters. The molecule has 5 heteroatoms. The Morgan fingerprint density at radius 3 is 2.43 bits per heavy atom. The van der Waals surface area contributed by atoms with Crippen LogP contribution in [0.5, 0.6) is 0 Å². The largest absolute Gasteiger partial charge is 0.391 e. The van der Waals surface area contributed by atoms with Crippen molar-refractivity contribution in [2.75, 3.05) is 0 Å². The summed E-state index contributed by atoms with van der Waals surface area (Å²) in [6.45, 7) is 5.48. The zero-order chi connectivity index (χ0) is 17.0. The lowest BCUT2D eigenvalue weighted by Crippen LogP contribution is -2.54. The van der Waals surface area contributed by atoms with Crippen LogP contribution >= 0.6 is 0 Å². The monoisotopic (exact) mass is 318 g/mol. The van der Waals surface area contributed by atoms with Crippen molar-refractivity contribution in [2.45, 2.75) is 58.2 Å². The summed E-state index contributed by atoms with van der Waals surface area (Å²) in [4.78, 5) is 24.2. The lowest BCUT2D eigenvalue weighted by atomic mass is 10.0. The number of hydrogen-bond donors (Lipinski definition) is 3. The minimum absolute atomic E-state index is 0.00782. The highest BCUT2D eigenvalue weighted by atomic mass is 16.3. The molecule has 0 saturated heterocycles. The van der Waals surface area contributed by atoms with E-state index in [0.29, 0.717) is 6.42 Å². The van der Waals surface area contributed by atoms with Gasteiger partial charge in [-0.1, -0.05) is 24.3 Å². The van der Waals surface area contributed by atoms with E-state index < -0.39 is 12.1 Å². The normalized spacial score (nSPS) is 17.9. The maximum Gasteiger partial charge on any atom is 0.245 e. The van der Waals surface area contributed by atoms with Crippen molar-refractivity contribution in [2.24, 2.45) is 5.92 Å². The second-order valence-electron chi connectivity index (χ2n) is 6.54. The highest BCUT2D eigenvalue weighted by Gasteiger charge is 2.34. The minimum atomic E-state index is -0.927. The number of aryl methyl sites for hydroxylation is 1. The van der Waals surface area contributed by atoms with E-state index in [9.17, 15) is 14.7 Å². The van der Waals surface area contributed by atoms with Crippen LogP contribution < -0.4 is 10.6 Å². The molecule has 1 saturated carbocycles. The molecule has 0 heterocycles. The van der Waals surface area contributed by atoms with E-state index in [1.54, 1.807) is 0 Å². The van der Waals surface area contributed by atoms with Gasteiger partial charge < -0.3 is 15.7 Å². The third-order valence-corrected chi connectivity index (χ3v) is 4.19. The van der Waals surface area contributed by atoms with Gasteiger partial charge >= 0.3 is 0 Å². The molecule has 1 fully saturated rings. The predicted octanol–water partition coefficient (Wildman–Crippen LogP) is 1.32. The van der Waals surface area contributed by atoms with Gasteiger partial charge in [-0.25, -0.2) is 0 Å². The fourth-order valence-electron chi connectivity index (χ4n) is 2.57. The molecule has 2 amide bonds. The zero-order valence-corrected chi connectivity index (χ0v) is 14.0. The van der Waals surface area contributed by atoms with Gasteiger partial charge in [0.25, 0.3) is 0 Å². The molecule has 0 bridgehead atoms.